The van der Waals surface area contributed by atoms with Gasteiger partial charge in [0.25, 0.3) is 0 Å². The predicted octanol–water partition coefficient (Wildman–Crippen LogP) is 2.84. The predicted molar refractivity (Wildman–Crippen MR) is 107 cm³/mol. The fourth-order valence-corrected chi connectivity index (χ4v) is 2.86. The second-order valence-electron chi connectivity index (χ2n) is 5.21. The molecule has 0 aliphatic carbocycles. The summed E-state index contributed by atoms with van der Waals surface area (Å²) in [6.07, 6.45) is 1.45. The van der Waals surface area contributed by atoms with Crippen LogP contribution in [-0.4, -0.2) is 30.5 Å². The third-order valence-electron chi connectivity index (χ3n) is 3.32. The molecule has 9 heteroatoms. The van der Waals surface area contributed by atoms with Gasteiger partial charge in [0.05, 0.1) is 9.14 Å². The zero-order valence-electron chi connectivity index (χ0n) is 13.1. The van der Waals surface area contributed by atoms with E-state index in [4.69, 9.17) is 12.2 Å². The van der Waals surface area contributed by atoms with E-state index in [0.717, 1.165) is 0 Å². The molecule has 0 unspecified atom stereocenters. The number of benzene rings is 2. The highest BCUT2D eigenvalue weighted by Crippen LogP contribution is 2.35. The van der Waals surface area contributed by atoms with Gasteiger partial charge in [0.15, 0.2) is 28.7 Å². The molecule has 0 fully saturated rings. The Morgan fingerprint density at radius 3 is 2.15 bits per heavy atom. The Bertz CT molecular complexity index is 907. The van der Waals surface area contributed by atoms with Crippen LogP contribution in [0.5, 0.6) is 28.7 Å². The number of hydrogen-bond donors (Lipinski definition) is 6. The Morgan fingerprint density at radius 1 is 1.04 bits per heavy atom. The molecule has 2 aromatic rings. The van der Waals surface area contributed by atoms with Crippen LogP contribution in [0.4, 0.5) is 0 Å². The molecule has 0 aromatic heterocycles. The Labute approximate surface area is 167 Å². The number of rotatable bonds is 4. The van der Waals surface area contributed by atoms with E-state index in [-0.39, 0.29) is 28.6 Å². The number of thiocarbonyl (C=S) groups is 1. The smallest absolute Gasteiger partial charge is 0.200 e. The van der Waals surface area contributed by atoms with Crippen LogP contribution in [-0.2, 0) is 6.54 Å². The van der Waals surface area contributed by atoms with Crippen molar-refractivity contribution in [3.63, 3.8) is 0 Å². The first kappa shape index (κ1) is 19.6. The molecule has 0 bridgehead atoms. The highest BCUT2D eigenvalue weighted by molar-refractivity contribution is 14.1. The third-order valence-corrected chi connectivity index (χ3v) is 4.51. The number of nitrogens with one attached hydrogen (secondary N) is 1. The molecule has 0 atom stereocenters. The Kier molecular flexibility index (Phi) is 6.12. The normalized spacial score (nSPS) is 11.0. The molecule has 0 saturated heterocycles. The number of halogens is 1. The molecule has 7 nitrogen and oxygen atoms in total. The van der Waals surface area contributed by atoms with Gasteiger partial charge in [-0.2, -0.15) is 5.26 Å². The summed E-state index contributed by atoms with van der Waals surface area (Å²) in [5, 5.41) is 59.6. The average molecular weight is 484 g/mol. The molecule has 0 amide bonds. The van der Waals surface area contributed by atoms with Crippen LogP contribution in [0.15, 0.2) is 29.8 Å². The number of phenols is 5. The van der Waals surface area contributed by atoms with Crippen molar-refractivity contribution in [1.82, 2.24) is 5.32 Å². The second kappa shape index (κ2) is 8.11. The van der Waals surface area contributed by atoms with E-state index in [1.54, 1.807) is 6.07 Å². The standard InChI is InChI=1S/C17H13IN2O5S/c18-11-2-8(3-12(21)15(11)24)1-10(6-19)17(26)20-7-9-4-13(22)16(25)14(23)5-9/h1-5,21-25H,7H2,(H,20,26). The van der Waals surface area contributed by atoms with Crippen LogP contribution < -0.4 is 5.32 Å². The summed E-state index contributed by atoms with van der Waals surface area (Å²) in [5.41, 5.74) is 1.03. The summed E-state index contributed by atoms with van der Waals surface area (Å²) >= 11 is 7.01. The lowest BCUT2D eigenvalue weighted by atomic mass is 10.1. The minimum Gasteiger partial charge on any atom is -0.504 e. The van der Waals surface area contributed by atoms with Gasteiger partial charge in [0.1, 0.15) is 11.1 Å². The molecule has 0 radical (unpaired) electrons. The van der Waals surface area contributed by atoms with Gasteiger partial charge in [-0.25, -0.2) is 0 Å². The lowest BCUT2D eigenvalue weighted by Gasteiger charge is -2.09. The zero-order valence-corrected chi connectivity index (χ0v) is 16.0. The maximum Gasteiger partial charge on any atom is 0.200 e. The van der Waals surface area contributed by atoms with Gasteiger partial charge in [-0.15, -0.1) is 0 Å². The molecule has 2 rings (SSSR count). The molecular weight excluding hydrogens is 471 g/mol. The maximum atomic E-state index is 9.65. The fraction of sp³-hybridized carbons (Fsp3) is 0.0588. The zero-order chi connectivity index (χ0) is 19.4. The average Bonchev–Trinajstić information content (AvgIpc) is 2.59. The van der Waals surface area contributed by atoms with Crippen molar-refractivity contribution in [3.8, 4) is 34.8 Å². The van der Waals surface area contributed by atoms with Gasteiger partial charge in [0.2, 0.25) is 0 Å². The molecule has 6 N–H and O–H groups in total. The van der Waals surface area contributed by atoms with E-state index in [9.17, 15) is 30.8 Å². The van der Waals surface area contributed by atoms with Crippen molar-refractivity contribution in [3.05, 3.63) is 44.5 Å². The third kappa shape index (κ3) is 4.47. The van der Waals surface area contributed by atoms with Gasteiger partial charge in [-0.05, 0) is 64.1 Å². The van der Waals surface area contributed by atoms with Crippen molar-refractivity contribution in [2.45, 2.75) is 6.54 Å². The Balaban J connectivity index is 2.18. The van der Waals surface area contributed by atoms with Crippen molar-refractivity contribution in [1.29, 1.82) is 5.26 Å². The molecule has 0 heterocycles. The van der Waals surface area contributed by atoms with Gasteiger partial charge < -0.3 is 30.8 Å². The van der Waals surface area contributed by atoms with E-state index < -0.39 is 17.2 Å². The summed E-state index contributed by atoms with van der Waals surface area (Å²) in [6, 6.07) is 7.32. The van der Waals surface area contributed by atoms with Crippen LogP contribution in [0.2, 0.25) is 0 Å². The topological polar surface area (TPSA) is 137 Å². The molecule has 0 aliphatic rings. The lowest BCUT2D eigenvalue weighted by molar-refractivity contribution is 0.367. The monoisotopic (exact) mass is 484 g/mol. The molecule has 2 aromatic carbocycles. The molecule has 0 saturated carbocycles. The molecule has 26 heavy (non-hydrogen) atoms. The minimum atomic E-state index is -0.615. The number of nitrogens with zero attached hydrogens (tertiary/aromatic N) is 1. The molecule has 0 aliphatic heterocycles. The summed E-state index contributed by atoms with van der Waals surface area (Å²) in [4.78, 5) is 0.113. The summed E-state index contributed by atoms with van der Waals surface area (Å²) in [7, 11) is 0. The van der Waals surface area contributed by atoms with Crippen molar-refractivity contribution in [2.75, 3.05) is 0 Å². The number of aromatic hydroxyl groups is 5. The number of hydrogen-bond acceptors (Lipinski definition) is 7. The SMILES string of the molecule is N#CC(=Cc1cc(O)c(O)c(I)c1)C(=S)NCc1cc(O)c(O)c(O)c1. The molecule has 134 valence electrons. The van der Waals surface area contributed by atoms with Crippen LogP contribution in [0, 0.1) is 14.9 Å². The largest absolute Gasteiger partial charge is 0.504 e. The van der Waals surface area contributed by atoms with E-state index in [0.29, 0.717) is 14.7 Å². The van der Waals surface area contributed by atoms with E-state index in [2.05, 4.69) is 5.32 Å². The van der Waals surface area contributed by atoms with Crippen LogP contribution in [0.3, 0.4) is 0 Å². The first-order valence-electron chi connectivity index (χ1n) is 7.08. The van der Waals surface area contributed by atoms with Gasteiger partial charge in [0, 0.05) is 6.54 Å². The fourth-order valence-electron chi connectivity index (χ4n) is 2.04. The van der Waals surface area contributed by atoms with E-state index >= 15 is 0 Å². The molecule has 0 spiro atoms. The highest BCUT2D eigenvalue weighted by Gasteiger charge is 2.11. The van der Waals surface area contributed by atoms with Crippen molar-refractivity contribution in [2.24, 2.45) is 0 Å². The molecular formula is C17H13IN2O5S. The number of nitriles is 1. The summed E-state index contributed by atoms with van der Waals surface area (Å²) in [5.74, 6) is -2.12. The quantitative estimate of drug-likeness (QED) is 0.128. The summed E-state index contributed by atoms with van der Waals surface area (Å²) in [6.45, 7) is 0.0949. The maximum absolute atomic E-state index is 9.65. The van der Waals surface area contributed by atoms with Gasteiger partial charge in [-0.3, -0.25) is 0 Å². The Hall–Kier alpha value is -2.71. The van der Waals surface area contributed by atoms with E-state index in [1.165, 1.54) is 24.3 Å². The number of phenolic OH excluding ortho intramolecular Hbond substituents is 5. The van der Waals surface area contributed by atoms with Crippen molar-refractivity contribution < 1.29 is 25.5 Å². The van der Waals surface area contributed by atoms with Crippen molar-refractivity contribution >= 4 is 45.9 Å². The van der Waals surface area contributed by atoms with Crippen LogP contribution >= 0.6 is 34.8 Å². The summed E-state index contributed by atoms with van der Waals surface area (Å²) < 4.78 is 0.417. The highest BCUT2D eigenvalue weighted by atomic mass is 127. The van der Waals surface area contributed by atoms with Crippen LogP contribution in [0.25, 0.3) is 6.08 Å². The van der Waals surface area contributed by atoms with Gasteiger partial charge >= 0.3 is 0 Å². The minimum absolute atomic E-state index is 0.0949. The van der Waals surface area contributed by atoms with Crippen LogP contribution in [0.1, 0.15) is 11.1 Å². The lowest BCUT2D eigenvalue weighted by Crippen LogP contribution is -2.22. The van der Waals surface area contributed by atoms with Gasteiger partial charge in [-0.1, -0.05) is 12.2 Å². The second-order valence-corrected chi connectivity index (χ2v) is 6.78. The first-order valence-corrected chi connectivity index (χ1v) is 8.57. The Morgan fingerprint density at radius 2 is 1.62 bits per heavy atom. The van der Waals surface area contributed by atoms with E-state index in [1.807, 2.05) is 28.7 Å². The first-order chi connectivity index (χ1) is 12.2.